The maximum Gasteiger partial charge on any atom is 0.240 e. The number of anilines is 1. The number of rotatable bonds is 5. The Labute approximate surface area is 129 Å². The summed E-state index contributed by atoms with van der Waals surface area (Å²) in [6.45, 7) is 0.302. The molecule has 20 heavy (non-hydrogen) atoms. The molecule has 4 N–H and O–H groups in total. The average molecular weight is 377 g/mol. The lowest BCUT2D eigenvalue weighted by Gasteiger charge is -2.07. The number of thiophene rings is 1. The number of phenols is 1. The van der Waals surface area contributed by atoms with Gasteiger partial charge in [0, 0.05) is 11.4 Å². The SMILES string of the molecule is Nc1cc(S(=O)(=O)NCCc2ccc(Br)s2)ccc1O. The zero-order valence-corrected chi connectivity index (χ0v) is 13.6. The highest BCUT2D eigenvalue weighted by atomic mass is 79.9. The topological polar surface area (TPSA) is 92.4 Å². The van der Waals surface area contributed by atoms with Crippen molar-refractivity contribution in [3.63, 3.8) is 0 Å². The van der Waals surface area contributed by atoms with Crippen LogP contribution in [0.4, 0.5) is 5.69 Å². The minimum absolute atomic E-state index is 0.0371. The molecule has 5 nitrogen and oxygen atoms in total. The predicted octanol–water partition coefficient (Wildman–Crippen LogP) is 2.32. The number of nitrogens with one attached hydrogen (secondary N) is 1. The standard InChI is InChI=1S/C12H13BrN2O3S2/c13-12-4-1-8(19-12)5-6-15-20(17,18)9-2-3-11(16)10(14)7-9/h1-4,7,15-16H,5-6,14H2. The van der Waals surface area contributed by atoms with E-state index < -0.39 is 10.0 Å². The molecule has 0 aliphatic carbocycles. The number of hydrogen-bond acceptors (Lipinski definition) is 5. The first kappa shape index (κ1) is 15.3. The van der Waals surface area contributed by atoms with Gasteiger partial charge in [0.15, 0.2) is 0 Å². The smallest absolute Gasteiger partial charge is 0.240 e. The fourth-order valence-corrected chi connectivity index (χ4v) is 4.13. The number of nitrogen functional groups attached to an aromatic ring is 1. The van der Waals surface area contributed by atoms with Crippen LogP contribution in [0.1, 0.15) is 4.88 Å². The highest BCUT2D eigenvalue weighted by Crippen LogP contribution is 2.24. The molecule has 0 saturated carbocycles. The summed E-state index contributed by atoms with van der Waals surface area (Å²) < 4.78 is 27.6. The minimum Gasteiger partial charge on any atom is -0.506 e. The van der Waals surface area contributed by atoms with E-state index in [1.165, 1.54) is 18.2 Å². The average Bonchev–Trinajstić information content (AvgIpc) is 2.78. The van der Waals surface area contributed by atoms with E-state index in [-0.39, 0.29) is 16.3 Å². The molecule has 8 heteroatoms. The predicted molar refractivity (Wildman–Crippen MR) is 83.4 cm³/mol. The van der Waals surface area contributed by atoms with Crippen molar-refractivity contribution in [2.24, 2.45) is 0 Å². The van der Waals surface area contributed by atoms with Crippen molar-refractivity contribution in [3.05, 3.63) is 39.0 Å². The van der Waals surface area contributed by atoms with Crippen molar-refractivity contribution in [1.82, 2.24) is 4.72 Å². The van der Waals surface area contributed by atoms with Crippen molar-refractivity contribution >= 4 is 43.0 Å². The minimum atomic E-state index is -3.61. The third-order valence-corrected chi connectivity index (χ3v) is 5.74. The van der Waals surface area contributed by atoms with E-state index in [2.05, 4.69) is 20.7 Å². The van der Waals surface area contributed by atoms with Gasteiger partial charge in [-0.05, 0) is 52.7 Å². The number of aromatic hydroxyl groups is 1. The van der Waals surface area contributed by atoms with Gasteiger partial charge in [-0.2, -0.15) is 0 Å². The quantitative estimate of drug-likeness (QED) is 0.551. The summed E-state index contributed by atoms with van der Waals surface area (Å²) in [4.78, 5) is 1.13. The van der Waals surface area contributed by atoms with E-state index in [1.54, 1.807) is 11.3 Å². The van der Waals surface area contributed by atoms with E-state index in [4.69, 9.17) is 5.73 Å². The molecule has 0 aliphatic heterocycles. The first-order valence-corrected chi connectivity index (χ1v) is 8.80. The molecular formula is C12H13BrN2O3S2. The second-order valence-electron chi connectivity index (χ2n) is 4.07. The Kier molecular flexibility index (Phi) is 4.69. The van der Waals surface area contributed by atoms with Crippen molar-refractivity contribution in [2.45, 2.75) is 11.3 Å². The van der Waals surface area contributed by atoms with Gasteiger partial charge in [-0.15, -0.1) is 11.3 Å². The number of sulfonamides is 1. The number of halogens is 1. The molecule has 1 heterocycles. The lowest BCUT2D eigenvalue weighted by atomic mass is 10.3. The Hall–Kier alpha value is -1.09. The second-order valence-corrected chi connectivity index (χ2v) is 8.39. The van der Waals surface area contributed by atoms with Gasteiger partial charge in [-0.25, -0.2) is 13.1 Å². The fraction of sp³-hybridized carbons (Fsp3) is 0.167. The van der Waals surface area contributed by atoms with Gasteiger partial charge in [-0.1, -0.05) is 0 Å². The Morgan fingerprint density at radius 3 is 2.65 bits per heavy atom. The molecule has 0 radical (unpaired) electrons. The number of nitrogens with two attached hydrogens (primary N) is 1. The van der Waals surface area contributed by atoms with Crippen LogP contribution in [0.25, 0.3) is 0 Å². The lowest BCUT2D eigenvalue weighted by molar-refractivity contribution is 0.477. The molecule has 0 unspecified atom stereocenters. The molecule has 0 aliphatic rings. The number of benzene rings is 1. The van der Waals surface area contributed by atoms with E-state index in [0.29, 0.717) is 13.0 Å². The highest BCUT2D eigenvalue weighted by Gasteiger charge is 2.14. The third kappa shape index (κ3) is 3.72. The summed E-state index contributed by atoms with van der Waals surface area (Å²) >= 11 is 4.92. The van der Waals surface area contributed by atoms with Gasteiger partial charge >= 0.3 is 0 Å². The van der Waals surface area contributed by atoms with Crippen molar-refractivity contribution in [2.75, 3.05) is 12.3 Å². The van der Waals surface area contributed by atoms with Crippen LogP contribution in [-0.2, 0) is 16.4 Å². The van der Waals surface area contributed by atoms with E-state index in [9.17, 15) is 13.5 Å². The largest absolute Gasteiger partial charge is 0.506 e. The Bertz CT molecular complexity index is 713. The lowest BCUT2D eigenvalue weighted by Crippen LogP contribution is -2.25. The van der Waals surface area contributed by atoms with Crippen LogP contribution in [0, 0.1) is 0 Å². The van der Waals surface area contributed by atoms with Gasteiger partial charge in [0.05, 0.1) is 14.4 Å². The monoisotopic (exact) mass is 376 g/mol. The van der Waals surface area contributed by atoms with Crippen LogP contribution in [0.5, 0.6) is 5.75 Å². The fourth-order valence-electron chi connectivity index (χ4n) is 1.58. The molecule has 0 amide bonds. The molecular weight excluding hydrogens is 364 g/mol. The molecule has 1 aromatic carbocycles. The maximum absolute atomic E-state index is 12.0. The van der Waals surface area contributed by atoms with Crippen LogP contribution < -0.4 is 10.5 Å². The second kappa shape index (κ2) is 6.13. The Morgan fingerprint density at radius 2 is 2.05 bits per heavy atom. The summed E-state index contributed by atoms with van der Waals surface area (Å²) in [5, 5.41) is 9.29. The number of hydrogen-bond donors (Lipinski definition) is 3. The van der Waals surface area contributed by atoms with E-state index >= 15 is 0 Å². The van der Waals surface area contributed by atoms with Gasteiger partial charge < -0.3 is 10.8 Å². The van der Waals surface area contributed by atoms with Crippen molar-refractivity contribution in [3.8, 4) is 5.75 Å². The molecule has 2 aromatic rings. The first-order valence-electron chi connectivity index (χ1n) is 5.71. The molecule has 0 bridgehead atoms. The molecule has 1 aromatic heterocycles. The van der Waals surface area contributed by atoms with Crippen LogP contribution in [-0.4, -0.2) is 20.1 Å². The van der Waals surface area contributed by atoms with Crippen LogP contribution in [0.15, 0.2) is 39.0 Å². The van der Waals surface area contributed by atoms with E-state index in [0.717, 1.165) is 8.66 Å². The molecule has 2 rings (SSSR count). The molecule has 0 spiro atoms. The van der Waals surface area contributed by atoms with Crippen LogP contribution >= 0.6 is 27.3 Å². The molecule has 0 saturated heterocycles. The first-order chi connectivity index (χ1) is 9.38. The Morgan fingerprint density at radius 1 is 1.30 bits per heavy atom. The maximum atomic E-state index is 12.0. The summed E-state index contributed by atoms with van der Waals surface area (Å²) in [7, 11) is -3.61. The molecule has 0 fully saturated rings. The number of phenolic OH excluding ortho intramolecular Hbond substituents is 1. The van der Waals surface area contributed by atoms with Crippen molar-refractivity contribution < 1.29 is 13.5 Å². The van der Waals surface area contributed by atoms with Gasteiger partial charge in [0.2, 0.25) is 10.0 Å². The van der Waals surface area contributed by atoms with Gasteiger partial charge in [0.1, 0.15) is 5.75 Å². The Balaban J connectivity index is 2.02. The van der Waals surface area contributed by atoms with E-state index in [1.807, 2.05) is 12.1 Å². The molecule has 0 atom stereocenters. The van der Waals surface area contributed by atoms with Gasteiger partial charge in [0.25, 0.3) is 0 Å². The summed E-state index contributed by atoms with van der Waals surface area (Å²) in [6.07, 6.45) is 0.614. The summed E-state index contributed by atoms with van der Waals surface area (Å²) in [5.41, 5.74) is 5.53. The van der Waals surface area contributed by atoms with Gasteiger partial charge in [-0.3, -0.25) is 0 Å². The summed E-state index contributed by atoms with van der Waals surface area (Å²) in [6, 6.07) is 7.69. The zero-order valence-electron chi connectivity index (χ0n) is 10.3. The highest BCUT2D eigenvalue weighted by molar-refractivity contribution is 9.11. The van der Waals surface area contributed by atoms with Crippen LogP contribution in [0.2, 0.25) is 0 Å². The third-order valence-electron chi connectivity index (χ3n) is 2.60. The van der Waals surface area contributed by atoms with Crippen molar-refractivity contribution in [1.29, 1.82) is 0 Å². The van der Waals surface area contributed by atoms with Crippen LogP contribution in [0.3, 0.4) is 0 Å². The zero-order chi connectivity index (χ0) is 14.8. The summed E-state index contributed by atoms with van der Waals surface area (Å²) in [5.74, 6) is -0.132. The normalized spacial score (nSPS) is 11.7. The molecule has 108 valence electrons.